The van der Waals surface area contributed by atoms with Crippen molar-refractivity contribution in [1.82, 2.24) is 15.3 Å². The van der Waals surface area contributed by atoms with Gasteiger partial charge < -0.3 is 15.0 Å². The molecule has 2 rings (SSSR count). The van der Waals surface area contributed by atoms with Gasteiger partial charge in [0.05, 0.1) is 17.4 Å². The fraction of sp³-hybridized carbons (Fsp3) is 0.429. The van der Waals surface area contributed by atoms with Gasteiger partial charge in [0.2, 0.25) is 0 Å². The second-order valence-electron chi connectivity index (χ2n) is 4.82. The van der Waals surface area contributed by atoms with E-state index in [1.807, 2.05) is 0 Å². The van der Waals surface area contributed by atoms with Crippen LogP contribution < -0.4 is 10.9 Å². The standard InChI is InChI=1S/C14H17N3O4S/c1-7-10-12(19)16-8(2)17-14(10)22-11(7)13(20)15-6-4-5-9(18)21-3/h4-6H2,1-3H3,(H,15,20)(H,16,17,19). The van der Waals surface area contributed by atoms with Crippen molar-refractivity contribution in [1.29, 1.82) is 0 Å². The summed E-state index contributed by atoms with van der Waals surface area (Å²) in [5.74, 6) is -0.0512. The van der Waals surface area contributed by atoms with E-state index in [0.717, 1.165) is 0 Å². The van der Waals surface area contributed by atoms with Gasteiger partial charge in [-0.1, -0.05) is 0 Å². The number of nitrogens with zero attached hydrogens (tertiary/aromatic N) is 1. The molecule has 0 bridgehead atoms. The van der Waals surface area contributed by atoms with Crippen LogP contribution in [0.3, 0.4) is 0 Å². The maximum atomic E-state index is 12.2. The molecule has 2 N–H and O–H groups in total. The Labute approximate surface area is 130 Å². The Morgan fingerprint density at radius 3 is 2.77 bits per heavy atom. The highest BCUT2D eigenvalue weighted by Gasteiger charge is 2.18. The number of nitrogens with one attached hydrogen (secondary N) is 2. The van der Waals surface area contributed by atoms with Gasteiger partial charge in [0.15, 0.2) is 0 Å². The average molecular weight is 323 g/mol. The number of thiophene rings is 1. The van der Waals surface area contributed by atoms with Crippen LogP contribution in [0.25, 0.3) is 10.2 Å². The van der Waals surface area contributed by atoms with E-state index in [2.05, 4.69) is 20.0 Å². The number of carbonyl (C=O) groups is 2. The van der Waals surface area contributed by atoms with Crippen LogP contribution in [-0.4, -0.2) is 35.5 Å². The number of rotatable bonds is 5. The Morgan fingerprint density at radius 2 is 2.09 bits per heavy atom. The summed E-state index contributed by atoms with van der Waals surface area (Å²) in [4.78, 5) is 43.0. The molecule has 0 aliphatic carbocycles. The minimum atomic E-state index is -0.307. The van der Waals surface area contributed by atoms with Gasteiger partial charge in [-0.05, 0) is 25.8 Å². The molecule has 0 saturated carbocycles. The van der Waals surface area contributed by atoms with Crippen LogP contribution in [0.15, 0.2) is 4.79 Å². The van der Waals surface area contributed by atoms with Crippen molar-refractivity contribution in [3.63, 3.8) is 0 Å². The van der Waals surface area contributed by atoms with Gasteiger partial charge in [0.1, 0.15) is 10.7 Å². The predicted octanol–water partition coefficient (Wildman–Crippen LogP) is 1.28. The lowest BCUT2D eigenvalue weighted by Gasteiger charge is -2.03. The Morgan fingerprint density at radius 1 is 1.36 bits per heavy atom. The molecule has 118 valence electrons. The minimum Gasteiger partial charge on any atom is -0.469 e. The van der Waals surface area contributed by atoms with Crippen LogP contribution in [0.1, 0.15) is 33.9 Å². The molecule has 0 unspecified atom stereocenters. The lowest BCUT2D eigenvalue weighted by molar-refractivity contribution is -0.140. The number of amides is 1. The first-order valence-electron chi connectivity index (χ1n) is 6.79. The van der Waals surface area contributed by atoms with Gasteiger partial charge in [0, 0.05) is 13.0 Å². The molecule has 0 spiro atoms. The van der Waals surface area contributed by atoms with E-state index in [4.69, 9.17) is 0 Å². The van der Waals surface area contributed by atoms with E-state index >= 15 is 0 Å². The summed E-state index contributed by atoms with van der Waals surface area (Å²) in [6.07, 6.45) is 0.753. The van der Waals surface area contributed by atoms with Crippen molar-refractivity contribution in [2.24, 2.45) is 0 Å². The van der Waals surface area contributed by atoms with E-state index in [9.17, 15) is 14.4 Å². The third-order valence-electron chi connectivity index (χ3n) is 3.20. The van der Waals surface area contributed by atoms with Crippen molar-refractivity contribution >= 4 is 33.4 Å². The van der Waals surface area contributed by atoms with Crippen molar-refractivity contribution in [3.8, 4) is 0 Å². The summed E-state index contributed by atoms with van der Waals surface area (Å²) >= 11 is 1.19. The molecule has 0 atom stereocenters. The number of methoxy groups -OCH3 is 1. The van der Waals surface area contributed by atoms with Gasteiger partial charge >= 0.3 is 5.97 Å². The number of carbonyl (C=O) groups excluding carboxylic acids is 2. The van der Waals surface area contributed by atoms with Crippen LogP contribution >= 0.6 is 11.3 Å². The van der Waals surface area contributed by atoms with Crippen LogP contribution in [-0.2, 0) is 9.53 Å². The van der Waals surface area contributed by atoms with Crippen molar-refractivity contribution < 1.29 is 14.3 Å². The van der Waals surface area contributed by atoms with Crippen molar-refractivity contribution in [2.45, 2.75) is 26.7 Å². The monoisotopic (exact) mass is 323 g/mol. The predicted molar refractivity (Wildman–Crippen MR) is 83.3 cm³/mol. The molecular formula is C14H17N3O4S. The van der Waals surface area contributed by atoms with E-state index in [-0.39, 0.29) is 23.9 Å². The quantitative estimate of drug-likeness (QED) is 0.637. The minimum absolute atomic E-state index is 0.235. The number of aryl methyl sites for hydroxylation is 2. The number of ether oxygens (including phenoxy) is 1. The van der Waals surface area contributed by atoms with E-state index in [1.54, 1.807) is 13.8 Å². The summed E-state index contributed by atoms with van der Waals surface area (Å²) in [5.41, 5.74) is 0.389. The number of aromatic nitrogens is 2. The largest absolute Gasteiger partial charge is 0.469 e. The van der Waals surface area contributed by atoms with Gasteiger partial charge in [-0.15, -0.1) is 11.3 Å². The topological polar surface area (TPSA) is 101 Å². The number of aromatic amines is 1. The second kappa shape index (κ2) is 6.69. The van der Waals surface area contributed by atoms with Crippen LogP contribution in [0.5, 0.6) is 0 Å². The molecule has 2 aromatic rings. The summed E-state index contributed by atoms with van der Waals surface area (Å²) in [5, 5.41) is 3.19. The molecular weight excluding hydrogens is 306 g/mol. The fourth-order valence-electron chi connectivity index (χ4n) is 2.09. The SMILES string of the molecule is COC(=O)CCCNC(=O)c1sc2nc(C)[nH]c(=O)c2c1C. The normalized spacial score (nSPS) is 10.7. The molecule has 1 amide bonds. The smallest absolute Gasteiger partial charge is 0.305 e. The van der Waals surface area contributed by atoms with Gasteiger partial charge in [-0.3, -0.25) is 14.4 Å². The molecule has 0 fully saturated rings. The lowest BCUT2D eigenvalue weighted by Crippen LogP contribution is -2.24. The molecule has 7 nitrogen and oxygen atoms in total. The Kier molecular flexibility index (Phi) is 4.92. The molecule has 0 saturated heterocycles. The molecule has 0 radical (unpaired) electrons. The Balaban J connectivity index is 2.12. The highest BCUT2D eigenvalue weighted by Crippen LogP contribution is 2.26. The molecule has 0 aliphatic heterocycles. The second-order valence-corrected chi connectivity index (χ2v) is 5.82. The number of hydrogen-bond donors (Lipinski definition) is 2. The molecule has 0 aromatic carbocycles. The molecule has 2 heterocycles. The molecule has 8 heteroatoms. The van der Waals surface area contributed by atoms with Crippen molar-refractivity contribution in [3.05, 3.63) is 26.6 Å². The molecule has 0 aliphatic rings. The Bertz CT molecular complexity index is 778. The maximum Gasteiger partial charge on any atom is 0.305 e. The maximum absolute atomic E-state index is 12.2. The van der Waals surface area contributed by atoms with E-state index < -0.39 is 0 Å². The lowest BCUT2D eigenvalue weighted by atomic mass is 10.2. The Hall–Kier alpha value is -2.22. The van der Waals surface area contributed by atoms with Gasteiger partial charge in [0.25, 0.3) is 11.5 Å². The molecule has 2 aromatic heterocycles. The number of H-pyrrole nitrogens is 1. The highest BCUT2D eigenvalue weighted by atomic mass is 32.1. The summed E-state index contributed by atoms with van der Waals surface area (Å²) in [7, 11) is 1.33. The third kappa shape index (κ3) is 3.33. The van der Waals surface area contributed by atoms with E-state index in [1.165, 1.54) is 18.4 Å². The zero-order valence-corrected chi connectivity index (χ0v) is 13.4. The van der Waals surface area contributed by atoms with E-state index in [0.29, 0.717) is 39.4 Å². The number of hydrogen-bond acceptors (Lipinski definition) is 6. The first kappa shape index (κ1) is 16.2. The summed E-state index contributed by atoms with van der Waals surface area (Å²) < 4.78 is 4.53. The zero-order valence-electron chi connectivity index (χ0n) is 12.6. The summed E-state index contributed by atoms with van der Waals surface area (Å²) in [6, 6.07) is 0. The number of esters is 1. The number of fused-ring (bicyclic) bond motifs is 1. The highest BCUT2D eigenvalue weighted by molar-refractivity contribution is 7.20. The first-order chi connectivity index (χ1) is 10.4. The first-order valence-corrected chi connectivity index (χ1v) is 7.60. The third-order valence-corrected chi connectivity index (χ3v) is 4.38. The van der Waals surface area contributed by atoms with Gasteiger partial charge in [-0.2, -0.15) is 0 Å². The summed E-state index contributed by atoms with van der Waals surface area (Å²) in [6.45, 7) is 3.79. The van der Waals surface area contributed by atoms with Gasteiger partial charge in [-0.25, -0.2) is 4.98 Å². The molecule has 22 heavy (non-hydrogen) atoms. The average Bonchev–Trinajstić information content (AvgIpc) is 2.80. The van der Waals surface area contributed by atoms with Crippen molar-refractivity contribution in [2.75, 3.05) is 13.7 Å². The van der Waals surface area contributed by atoms with Crippen LogP contribution in [0.2, 0.25) is 0 Å². The fourth-order valence-corrected chi connectivity index (χ4v) is 3.23. The van der Waals surface area contributed by atoms with Crippen LogP contribution in [0, 0.1) is 13.8 Å². The zero-order chi connectivity index (χ0) is 16.3. The van der Waals surface area contributed by atoms with Crippen LogP contribution in [0.4, 0.5) is 0 Å².